The van der Waals surface area contributed by atoms with E-state index in [-0.39, 0.29) is 17.9 Å². The second kappa shape index (κ2) is 6.57. The van der Waals surface area contributed by atoms with Gasteiger partial charge in [-0.15, -0.1) is 0 Å². The Bertz CT molecular complexity index is 850. The number of rotatable bonds is 3. The number of amides is 2. The Balaban J connectivity index is 1.49. The highest BCUT2D eigenvalue weighted by Gasteiger charge is 2.40. The number of hydrogen-bond donors (Lipinski definition) is 2. The predicted molar refractivity (Wildman–Crippen MR) is 96.6 cm³/mol. The zero-order chi connectivity index (χ0) is 18.1. The molecule has 1 saturated heterocycles. The molecule has 0 radical (unpaired) electrons. The lowest BCUT2D eigenvalue weighted by atomic mass is 9.71. The summed E-state index contributed by atoms with van der Waals surface area (Å²) in [6.07, 6.45) is 3.26. The molecule has 1 aliphatic heterocycles. The fourth-order valence-corrected chi connectivity index (χ4v) is 4.09. The highest BCUT2D eigenvalue weighted by atomic mass is 16.5. The van der Waals surface area contributed by atoms with Gasteiger partial charge in [-0.05, 0) is 48.1 Å². The lowest BCUT2D eigenvalue weighted by Crippen LogP contribution is -2.31. The van der Waals surface area contributed by atoms with Crippen LogP contribution in [0, 0.1) is 5.41 Å². The molecule has 2 aromatic carbocycles. The van der Waals surface area contributed by atoms with Crippen molar-refractivity contribution >= 4 is 11.8 Å². The van der Waals surface area contributed by atoms with Gasteiger partial charge in [-0.1, -0.05) is 36.4 Å². The maximum Gasteiger partial charge on any atom is 0.277 e. The standard InChI is InChI=1S/C21H22N2O3/c24-19-12-21(14-22-19)9-8-16-10-17(6-7-18(16)11-21)20(25)23(26)13-15-4-2-1-3-5-15/h1-7,10,26H,8-9,11-14H2,(H,22,24)/t21-/m1/s1. The van der Waals surface area contributed by atoms with Crippen LogP contribution in [0.3, 0.4) is 0 Å². The summed E-state index contributed by atoms with van der Waals surface area (Å²) in [6.45, 7) is 0.904. The highest BCUT2D eigenvalue weighted by molar-refractivity contribution is 5.93. The van der Waals surface area contributed by atoms with Gasteiger partial charge in [-0.2, -0.15) is 0 Å². The number of nitrogens with zero attached hydrogens (tertiary/aromatic N) is 1. The van der Waals surface area contributed by atoms with Gasteiger partial charge < -0.3 is 5.32 Å². The van der Waals surface area contributed by atoms with Crippen molar-refractivity contribution in [2.24, 2.45) is 5.41 Å². The Kier molecular flexibility index (Phi) is 4.24. The van der Waals surface area contributed by atoms with Crippen molar-refractivity contribution in [2.75, 3.05) is 6.54 Å². The molecule has 5 nitrogen and oxygen atoms in total. The first kappa shape index (κ1) is 16.8. The van der Waals surface area contributed by atoms with E-state index >= 15 is 0 Å². The zero-order valence-corrected chi connectivity index (χ0v) is 14.6. The number of aryl methyl sites for hydroxylation is 1. The number of hydrogen-bond acceptors (Lipinski definition) is 3. The lowest BCUT2D eigenvalue weighted by Gasteiger charge is -2.33. The smallest absolute Gasteiger partial charge is 0.277 e. The van der Waals surface area contributed by atoms with Crippen LogP contribution in [0.25, 0.3) is 0 Å². The number of benzene rings is 2. The molecule has 1 atom stereocenters. The van der Waals surface area contributed by atoms with E-state index in [0.717, 1.165) is 42.0 Å². The van der Waals surface area contributed by atoms with Gasteiger partial charge in [0, 0.05) is 23.9 Å². The summed E-state index contributed by atoms with van der Waals surface area (Å²) in [5.74, 6) is -0.258. The minimum Gasteiger partial charge on any atom is -0.356 e. The number of hydroxylamine groups is 2. The van der Waals surface area contributed by atoms with E-state index in [9.17, 15) is 14.8 Å². The highest BCUT2D eigenvalue weighted by Crippen LogP contribution is 2.40. The van der Waals surface area contributed by atoms with E-state index in [0.29, 0.717) is 12.0 Å². The van der Waals surface area contributed by atoms with Crippen LogP contribution in [-0.2, 0) is 24.2 Å². The molecule has 1 spiro atoms. The Morgan fingerprint density at radius 3 is 2.65 bits per heavy atom. The normalized spacial score (nSPS) is 21.3. The molecule has 4 rings (SSSR count). The Hall–Kier alpha value is -2.66. The second-order valence-corrected chi connectivity index (χ2v) is 7.46. The molecule has 1 aliphatic carbocycles. The fraction of sp³-hybridized carbons (Fsp3) is 0.333. The molecule has 2 aliphatic rings. The average molecular weight is 350 g/mol. The Morgan fingerprint density at radius 1 is 1.12 bits per heavy atom. The summed E-state index contributed by atoms with van der Waals surface area (Å²) in [7, 11) is 0. The van der Waals surface area contributed by atoms with E-state index in [2.05, 4.69) is 5.32 Å². The minimum atomic E-state index is -0.394. The molecule has 0 saturated carbocycles. The first-order chi connectivity index (χ1) is 12.5. The van der Waals surface area contributed by atoms with Gasteiger partial charge in [0.25, 0.3) is 5.91 Å². The summed E-state index contributed by atoms with van der Waals surface area (Å²) >= 11 is 0. The van der Waals surface area contributed by atoms with Gasteiger partial charge in [0.15, 0.2) is 0 Å². The van der Waals surface area contributed by atoms with E-state index in [4.69, 9.17) is 0 Å². The second-order valence-electron chi connectivity index (χ2n) is 7.46. The maximum atomic E-state index is 12.5. The van der Waals surface area contributed by atoms with Gasteiger partial charge in [0.1, 0.15) is 0 Å². The van der Waals surface area contributed by atoms with Crippen LogP contribution in [0.5, 0.6) is 0 Å². The lowest BCUT2D eigenvalue weighted by molar-refractivity contribution is -0.119. The van der Waals surface area contributed by atoms with Crippen molar-refractivity contribution in [1.29, 1.82) is 0 Å². The van der Waals surface area contributed by atoms with Crippen LogP contribution in [0.1, 0.15) is 39.9 Å². The molecular weight excluding hydrogens is 328 g/mol. The molecule has 0 unspecified atom stereocenters. The van der Waals surface area contributed by atoms with E-state index in [1.807, 2.05) is 42.5 Å². The van der Waals surface area contributed by atoms with Gasteiger partial charge in [-0.3, -0.25) is 14.8 Å². The van der Waals surface area contributed by atoms with Crippen LogP contribution in [-0.4, -0.2) is 28.6 Å². The number of carbonyl (C=O) groups excluding carboxylic acids is 2. The summed E-state index contributed by atoms with van der Waals surface area (Å²) in [5.41, 5.74) is 3.76. The molecule has 26 heavy (non-hydrogen) atoms. The Morgan fingerprint density at radius 2 is 1.92 bits per heavy atom. The SMILES string of the molecule is O=C1C[C@]2(CCc3cc(C(=O)N(O)Cc4ccccc4)ccc3C2)CN1. The average Bonchev–Trinajstić information content (AvgIpc) is 3.01. The zero-order valence-electron chi connectivity index (χ0n) is 14.6. The van der Waals surface area contributed by atoms with Crippen molar-refractivity contribution < 1.29 is 14.8 Å². The van der Waals surface area contributed by atoms with Crippen LogP contribution >= 0.6 is 0 Å². The molecule has 134 valence electrons. The van der Waals surface area contributed by atoms with Crippen LogP contribution in [0.4, 0.5) is 0 Å². The first-order valence-electron chi connectivity index (χ1n) is 8.98. The quantitative estimate of drug-likeness (QED) is 0.661. The number of nitrogens with one attached hydrogen (secondary N) is 1. The Labute approximate surface area is 152 Å². The van der Waals surface area contributed by atoms with Crippen LogP contribution in [0.15, 0.2) is 48.5 Å². The summed E-state index contributed by atoms with van der Waals surface area (Å²) < 4.78 is 0. The molecule has 5 heteroatoms. The molecule has 0 bridgehead atoms. The molecule has 2 aromatic rings. The van der Waals surface area contributed by atoms with E-state index < -0.39 is 5.91 Å². The number of fused-ring (bicyclic) bond motifs is 1. The van der Waals surface area contributed by atoms with Crippen molar-refractivity contribution in [3.8, 4) is 0 Å². The van der Waals surface area contributed by atoms with Crippen molar-refractivity contribution in [3.63, 3.8) is 0 Å². The van der Waals surface area contributed by atoms with Crippen LogP contribution < -0.4 is 5.32 Å². The van der Waals surface area contributed by atoms with Crippen molar-refractivity contribution in [2.45, 2.75) is 32.2 Å². The number of carbonyl (C=O) groups is 2. The van der Waals surface area contributed by atoms with Gasteiger partial charge in [0.2, 0.25) is 5.91 Å². The first-order valence-corrected chi connectivity index (χ1v) is 8.98. The monoisotopic (exact) mass is 350 g/mol. The fourth-order valence-electron chi connectivity index (χ4n) is 4.09. The molecule has 2 amide bonds. The van der Waals surface area contributed by atoms with E-state index in [1.54, 1.807) is 6.07 Å². The van der Waals surface area contributed by atoms with Gasteiger partial charge in [0.05, 0.1) is 6.54 Å². The predicted octanol–water partition coefficient (Wildman–Crippen LogP) is 2.71. The van der Waals surface area contributed by atoms with Crippen LogP contribution in [0.2, 0.25) is 0 Å². The molecule has 2 N–H and O–H groups in total. The summed E-state index contributed by atoms with van der Waals surface area (Å²) in [4.78, 5) is 24.2. The summed E-state index contributed by atoms with van der Waals surface area (Å²) in [6, 6.07) is 15.1. The minimum absolute atomic E-state index is 0.0337. The maximum absolute atomic E-state index is 12.5. The third kappa shape index (κ3) is 3.22. The topological polar surface area (TPSA) is 69.6 Å². The summed E-state index contributed by atoms with van der Waals surface area (Å²) in [5, 5.41) is 13.9. The van der Waals surface area contributed by atoms with Gasteiger partial charge in [-0.25, -0.2) is 5.06 Å². The molecule has 1 heterocycles. The molecule has 1 fully saturated rings. The molecular formula is C21H22N2O3. The van der Waals surface area contributed by atoms with Crippen molar-refractivity contribution in [3.05, 3.63) is 70.8 Å². The third-order valence-corrected chi connectivity index (χ3v) is 5.55. The third-order valence-electron chi connectivity index (χ3n) is 5.55. The van der Waals surface area contributed by atoms with Gasteiger partial charge >= 0.3 is 0 Å². The largest absolute Gasteiger partial charge is 0.356 e. The molecule has 0 aromatic heterocycles. The van der Waals surface area contributed by atoms with E-state index in [1.165, 1.54) is 5.56 Å². The van der Waals surface area contributed by atoms with Crippen molar-refractivity contribution in [1.82, 2.24) is 10.4 Å².